The largest absolute Gasteiger partial charge is 0.490 e. The predicted molar refractivity (Wildman–Crippen MR) is 82.1 cm³/mol. The maximum atomic E-state index is 5.86. The molecule has 0 saturated heterocycles. The number of nitrogens with one attached hydrogen (secondary N) is 1. The Morgan fingerprint density at radius 2 is 1.95 bits per heavy atom. The summed E-state index contributed by atoms with van der Waals surface area (Å²) in [5.41, 5.74) is 2.81. The van der Waals surface area contributed by atoms with E-state index in [2.05, 4.69) is 15.3 Å². The van der Waals surface area contributed by atoms with Crippen molar-refractivity contribution in [1.29, 1.82) is 0 Å². The van der Waals surface area contributed by atoms with Crippen molar-refractivity contribution in [3.63, 3.8) is 0 Å². The van der Waals surface area contributed by atoms with Crippen molar-refractivity contribution in [2.75, 3.05) is 11.9 Å². The van der Waals surface area contributed by atoms with Crippen LogP contribution in [0.5, 0.6) is 5.75 Å². The van der Waals surface area contributed by atoms with Gasteiger partial charge >= 0.3 is 0 Å². The van der Waals surface area contributed by atoms with Gasteiger partial charge in [0, 0.05) is 17.8 Å². The van der Waals surface area contributed by atoms with Crippen molar-refractivity contribution in [2.24, 2.45) is 0 Å². The number of hydrogen-bond donors (Lipinski definition) is 1. The van der Waals surface area contributed by atoms with Gasteiger partial charge < -0.3 is 10.1 Å². The van der Waals surface area contributed by atoms with Gasteiger partial charge in [0.2, 0.25) is 5.95 Å². The Balaban J connectivity index is 2.45. The van der Waals surface area contributed by atoms with E-state index >= 15 is 0 Å². The average molecular weight is 271 g/mol. The summed E-state index contributed by atoms with van der Waals surface area (Å²) in [7, 11) is 0. The monoisotopic (exact) mass is 271 g/mol. The number of aryl methyl sites for hydroxylation is 1. The lowest BCUT2D eigenvalue weighted by Crippen LogP contribution is -2.07. The summed E-state index contributed by atoms with van der Waals surface area (Å²) in [6, 6.07) is 9.94. The zero-order chi connectivity index (χ0) is 14.5. The molecule has 0 fully saturated rings. The standard InChI is InChI=1S/C16H21N3O/c1-5-17-16-18-12(4)10-14(19-16)13-8-6-7-9-15(13)20-11(2)3/h6-11H,5H2,1-4H3,(H,17,18,19). The van der Waals surface area contributed by atoms with Gasteiger partial charge in [0.25, 0.3) is 0 Å². The van der Waals surface area contributed by atoms with E-state index in [-0.39, 0.29) is 6.10 Å². The second-order valence-electron chi connectivity index (χ2n) is 4.91. The second-order valence-corrected chi connectivity index (χ2v) is 4.91. The fourth-order valence-electron chi connectivity index (χ4n) is 1.98. The van der Waals surface area contributed by atoms with E-state index in [4.69, 9.17) is 4.74 Å². The second kappa shape index (κ2) is 6.37. The van der Waals surface area contributed by atoms with Crippen LogP contribution in [0.15, 0.2) is 30.3 Å². The summed E-state index contributed by atoms with van der Waals surface area (Å²) in [4.78, 5) is 8.94. The number of rotatable bonds is 5. The highest BCUT2D eigenvalue weighted by molar-refractivity contribution is 5.68. The Kier molecular flexibility index (Phi) is 4.56. The maximum absolute atomic E-state index is 5.86. The van der Waals surface area contributed by atoms with Crippen LogP contribution in [-0.2, 0) is 0 Å². The molecule has 0 aliphatic carbocycles. The van der Waals surface area contributed by atoms with Gasteiger partial charge in [-0.25, -0.2) is 9.97 Å². The summed E-state index contributed by atoms with van der Waals surface area (Å²) in [5, 5.41) is 3.16. The van der Waals surface area contributed by atoms with E-state index in [1.165, 1.54) is 0 Å². The molecule has 1 aromatic heterocycles. The summed E-state index contributed by atoms with van der Waals surface area (Å²) in [6.45, 7) is 8.84. The summed E-state index contributed by atoms with van der Waals surface area (Å²) >= 11 is 0. The summed E-state index contributed by atoms with van der Waals surface area (Å²) < 4.78 is 5.86. The molecule has 0 aliphatic heterocycles. The van der Waals surface area contributed by atoms with E-state index in [1.54, 1.807) is 0 Å². The molecule has 2 aromatic rings. The minimum absolute atomic E-state index is 0.132. The Bertz CT molecular complexity index is 582. The quantitative estimate of drug-likeness (QED) is 0.901. The molecule has 0 saturated carbocycles. The Morgan fingerprint density at radius 3 is 2.65 bits per heavy atom. The van der Waals surface area contributed by atoms with Gasteiger partial charge in [-0.05, 0) is 45.9 Å². The summed E-state index contributed by atoms with van der Waals surface area (Å²) in [5.74, 6) is 1.50. The third kappa shape index (κ3) is 3.47. The molecule has 1 heterocycles. The first kappa shape index (κ1) is 14.3. The molecule has 4 heteroatoms. The van der Waals surface area contributed by atoms with Crippen molar-refractivity contribution < 1.29 is 4.74 Å². The number of benzene rings is 1. The average Bonchev–Trinajstić information content (AvgIpc) is 2.38. The van der Waals surface area contributed by atoms with Crippen LogP contribution in [0.1, 0.15) is 26.5 Å². The molecule has 0 atom stereocenters. The Hall–Kier alpha value is -2.10. The number of hydrogen-bond acceptors (Lipinski definition) is 4. The molecule has 4 nitrogen and oxygen atoms in total. The SMILES string of the molecule is CCNc1nc(C)cc(-c2ccccc2OC(C)C)n1. The first-order chi connectivity index (χ1) is 9.60. The van der Waals surface area contributed by atoms with Gasteiger partial charge in [0.1, 0.15) is 5.75 Å². The van der Waals surface area contributed by atoms with Crippen molar-refractivity contribution in [3.8, 4) is 17.0 Å². The fourth-order valence-corrected chi connectivity index (χ4v) is 1.98. The van der Waals surface area contributed by atoms with Crippen molar-refractivity contribution in [1.82, 2.24) is 9.97 Å². The minimum atomic E-state index is 0.132. The van der Waals surface area contributed by atoms with Crippen LogP contribution >= 0.6 is 0 Å². The molecule has 0 aliphatic rings. The van der Waals surface area contributed by atoms with Crippen LogP contribution in [0.25, 0.3) is 11.3 Å². The molecule has 2 rings (SSSR count). The van der Waals surface area contributed by atoms with Gasteiger partial charge in [-0.2, -0.15) is 0 Å². The highest BCUT2D eigenvalue weighted by atomic mass is 16.5. The molecule has 106 valence electrons. The molecular formula is C16H21N3O. The Labute approximate surface area is 120 Å². The van der Waals surface area contributed by atoms with Gasteiger partial charge in [0.05, 0.1) is 11.8 Å². The number of para-hydroxylation sites is 1. The molecule has 20 heavy (non-hydrogen) atoms. The van der Waals surface area contributed by atoms with E-state index in [1.807, 2.05) is 58.0 Å². The van der Waals surface area contributed by atoms with E-state index < -0.39 is 0 Å². The number of ether oxygens (including phenoxy) is 1. The first-order valence-corrected chi connectivity index (χ1v) is 6.95. The highest BCUT2D eigenvalue weighted by Crippen LogP contribution is 2.30. The van der Waals surface area contributed by atoms with Crippen LogP contribution in [-0.4, -0.2) is 22.6 Å². The van der Waals surface area contributed by atoms with Crippen molar-refractivity contribution in [2.45, 2.75) is 33.8 Å². The van der Waals surface area contributed by atoms with Crippen molar-refractivity contribution >= 4 is 5.95 Å². The lowest BCUT2D eigenvalue weighted by atomic mass is 10.1. The smallest absolute Gasteiger partial charge is 0.223 e. The van der Waals surface area contributed by atoms with E-state index in [0.717, 1.165) is 29.2 Å². The van der Waals surface area contributed by atoms with E-state index in [9.17, 15) is 0 Å². The topological polar surface area (TPSA) is 47.0 Å². The number of anilines is 1. The lowest BCUT2D eigenvalue weighted by molar-refractivity contribution is 0.243. The third-order valence-corrected chi connectivity index (χ3v) is 2.71. The molecule has 1 aromatic carbocycles. The minimum Gasteiger partial charge on any atom is -0.490 e. The molecule has 0 spiro atoms. The molecule has 0 radical (unpaired) electrons. The maximum Gasteiger partial charge on any atom is 0.223 e. The third-order valence-electron chi connectivity index (χ3n) is 2.71. The van der Waals surface area contributed by atoms with Gasteiger partial charge in [-0.1, -0.05) is 12.1 Å². The van der Waals surface area contributed by atoms with Crippen LogP contribution in [0, 0.1) is 6.92 Å². The van der Waals surface area contributed by atoms with Crippen LogP contribution in [0.2, 0.25) is 0 Å². The molecule has 1 N–H and O–H groups in total. The van der Waals surface area contributed by atoms with Crippen LogP contribution in [0.4, 0.5) is 5.95 Å². The predicted octanol–water partition coefficient (Wildman–Crippen LogP) is 3.67. The Morgan fingerprint density at radius 1 is 1.20 bits per heavy atom. The fraction of sp³-hybridized carbons (Fsp3) is 0.375. The molecule has 0 bridgehead atoms. The molecular weight excluding hydrogens is 250 g/mol. The van der Waals surface area contributed by atoms with Crippen LogP contribution in [0.3, 0.4) is 0 Å². The van der Waals surface area contributed by atoms with Gasteiger partial charge in [-0.15, -0.1) is 0 Å². The highest BCUT2D eigenvalue weighted by Gasteiger charge is 2.10. The molecule has 0 amide bonds. The van der Waals surface area contributed by atoms with Gasteiger partial charge in [0.15, 0.2) is 0 Å². The number of aromatic nitrogens is 2. The van der Waals surface area contributed by atoms with E-state index in [0.29, 0.717) is 5.95 Å². The normalized spacial score (nSPS) is 10.7. The zero-order valence-corrected chi connectivity index (χ0v) is 12.5. The zero-order valence-electron chi connectivity index (χ0n) is 12.5. The van der Waals surface area contributed by atoms with Crippen molar-refractivity contribution in [3.05, 3.63) is 36.0 Å². The summed E-state index contributed by atoms with van der Waals surface area (Å²) in [6.07, 6.45) is 0.132. The molecule has 0 unspecified atom stereocenters. The van der Waals surface area contributed by atoms with Crippen LogP contribution < -0.4 is 10.1 Å². The number of nitrogens with zero attached hydrogens (tertiary/aromatic N) is 2. The van der Waals surface area contributed by atoms with Gasteiger partial charge in [-0.3, -0.25) is 0 Å². The first-order valence-electron chi connectivity index (χ1n) is 6.95. The lowest BCUT2D eigenvalue weighted by Gasteiger charge is -2.14.